The summed E-state index contributed by atoms with van der Waals surface area (Å²) in [6.07, 6.45) is 14.1. The predicted octanol–water partition coefficient (Wildman–Crippen LogP) is 2.28. The van der Waals surface area contributed by atoms with Gasteiger partial charge in [-0.05, 0) is 54.7 Å². The topological polar surface area (TPSA) is 151 Å². The number of carbonyl (C=O) groups excluding carboxylic acids is 3. The Morgan fingerprint density at radius 3 is 2.67 bits per heavy atom. The van der Waals surface area contributed by atoms with Crippen LogP contribution in [0.5, 0.6) is 0 Å². The standard InChI is InChI=1S/C24H29N5O3S/c1-16-13-20(33-15-16)11-12-23(31)29-21(14-22(27)30)24(32)28-19-6-4-2-3-5-17(25)7-8-18(26)9-10-19/h2-6,8-10,13,15,21,25H,7,11-12,14,26H2,1H3,(H2,27,30)(H,28,32)(H,29,31)/b4-2-,5-3-,10-9+,18-8+,19-6+,25-17?/t21-/m0/s1. The number of amides is 3. The van der Waals surface area contributed by atoms with Crippen LogP contribution in [-0.2, 0) is 20.8 Å². The highest BCUT2D eigenvalue weighted by Crippen LogP contribution is 2.15. The summed E-state index contributed by atoms with van der Waals surface area (Å²) in [5.41, 5.74) is 13.6. The molecule has 1 heterocycles. The smallest absolute Gasteiger partial charge is 0.247 e. The second-order valence-electron chi connectivity index (χ2n) is 7.50. The average Bonchev–Trinajstić information content (AvgIpc) is 3.17. The van der Waals surface area contributed by atoms with E-state index in [-0.39, 0.29) is 18.7 Å². The Balaban J connectivity index is 2.08. The van der Waals surface area contributed by atoms with Crippen LogP contribution in [-0.4, -0.2) is 29.5 Å². The fourth-order valence-electron chi connectivity index (χ4n) is 2.85. The number of nitrogens with two attached hydrogens (primary N) is 2. The SMILES string of the molecule is Cc1csc(CCC(=O)N[C@@H](CC(N)=O)C(=O)NC2=C/C=C\C=C/C(=N)C/C=C(N)\C=C\2)c1. The van der Waals surface area contributed by atoms with Gasteiger partial charge in [-0.3, -0.25) is 14.4 Å². The minimum absolute atomic E-state index is 0.191. The van der Waals surface area contributed by atoms with Crippen molar-refractivity contribution >= 4 is 34.8 Å². The molecule has 0 aromatic carbocycles. The maximum atomic E-state index is 12.8. The maximum Gasteiger partial charge on any atom is 0.247 e. The molecule has 1 atom stereocenters. The summed E-state index contributed by atoms with van der Waals surface area (Å²) in [4.78, 5) is 37.8. The summed E-state index contributed by atoms with van der Waals surface area (Å²) >= 11 is 1.57. The fourth-order valence-corrected chi connectivity index (χ4v) is 3.73. The van der Waals surface area contributed by atoms with Crippen LogP contribution in [0.1, 0.15) is 29.7 Å². The molecule has 3 amide bonds. The number of allylic oxidation sites excluding steroid dienone is 8. The number of nitrogens with one attached hydrogen (secondary N) is 3. The lowest BCUT2D eigenvalue weighted by Crippen LogP contribution is -2.48. The zero-order valence-electron chi connectivity index (χ0n) is 18.5. The second kappa shape index (κ2) is 13.0. The highest BCUT2D eigenvalue weighted by Gasteiger charge is 2.23. The summed E-state index contributed by atoms with van der Waals surface area (Å²) in [6.45, 7) is 1.99. The third-order valence-electron chi connectivity index (χ3n) is 4.52. The second-order valence-corrected chi connectivity index (χ2v) is 8.50. The van der Waals surface area contributed by atoms with Crippen molar-refractivity contribution in [1.29, 1.82) is 5.41 Å². The molecule has 33 heavy (non-hydrogen) atoms. The van der Waals surface area contributed by atoms with Crippen LogP contribution in [0.25, 0.3) is 0 Å². The first-order valence-electron chi connectivity index (χ1n) is 10.4. The molecule has 1 aliphatic rings. The molecule has 0 saturated heterocycles. The van der Waals surface area contributed by atoms with Gasteiger partial charge in [-0.25, -0.2) is 0 Å². The minimum Gasteiger partial charge on any atom is -0.399 e. The Bertz CT molecular complexity index is 1050. The van der Waals surface area contributed by atoms with Crippen molar-refractivity contribution in [3.05, 3.63) is 81.9 Å². The fraction of sp³-hybridized carbons (Fsp3) is 0.250. The highest BCUT2D eigenvalue weighted by molar-refractivity contribution is 7.10. The van der Waals surface area contributed by atoms with Crippen molar-refractivity contribution in [3.8, 4) is 0 Å². The molecule has 0 bridgehead atoms. The average molecular weight is 468 g/mol. The van der Waals surface area contributed by atoms with Gasteiger partial charge in [-0.2, -0.15) is 0 Å². The van der Waals surface area contributed by atoms with Gasteiger partial charge in [0.15, 0.2) is 0 Å². The first-order valence-corrected chi connectivity index (χ1v) is 11.3. The van der Waals surface area contributed by atoms with E-state index < -0.39 is 17.9 Å². The maximum absolute atomic E-state index is 12.8. The molecule has 8 nitrogen and oxygen atoms in total. The van der Waals surface area contributed by atoms with Gasteiger partial charge < -0.3 is 27.5 Å². The zero-order valence-corrected chi connectivity index (χ0v) is 19.3. The van der Waals surface area contributed by atoms with Crippen LogP contribution >= 0.6 is 11.3 Å². The van der Waals surface area contributed by atoms with E-state index in [0.717, 1.165) is 10.4 Å². The van der Waals surface area contributed by atoms with Crippen LogP contribution in [0.15, 0.2) is 71.4 Å². The molecule has 0 saturated carbocycles. The van der Waals surface area contributed by atoms with E-state index in [1.54, 1.807) is 59.9 Å². The van der Waals surface area contributed by atoms with E-state index in [4.69, 9.17) is 16.9 Å². The van der Waals surface area contributed by atoms with E-state index in [1.807, 2.05) is 18.4 Å². The molecule has 0 fully saturated rings. The number of rotatable bonds is 8. The molecule has 0 aliphatic heterocycles. The van der Waals surface area contributed by atoms with E-state index in [1.165, 1.54) is 0 Å². The summed E-state index contributed by atoms with van der Waals surface area (Å²) in [7, 11) is 0. The molecule has 0 spiro atoms. The number of carbonyl (C=O) groups is 3. The van der Waals surface area contributed by atoms with Gasteiger partial charge in [0, 0.05) is 34.8 Å². The molecule has 174 valence electrons. The lowest BCUT2D eigenvalue weighted by molar-refractivity contribution is -0.130. The van der Waals surface area contributed by atoms with Crippen molar-refractivity contribution < 1.29 is 14.4 Å². The largest absolute Gasteiger partial charge is 0.399 e. The summed E-state index contributed by atoms with van der Waals surface area (Å²) in [6, 6.07) is 0.910. The Hall–Kier alpha value is -3.72. The van der Waals surface area contributed by atoms with E-state index in [0.29, 0.717) is 29.9 Å². The van der Waals surface area contributed by atoms with Crippen molar-refractivity contribution in [3.63, 3.8) is 0 Å². The van der Waals surface area contributed by atoms with Crippen molar-refractivity contribution in [2.24, 2.45) is 11.5 Å². The third kappa shape index (κ3) is 9.96. The van der Waals surface area contributed by atoms with Crippen molar-refractivity contribution in [2.45, 2.75) is 38.6 Å². The lowest BCUT2D eigenvalue weighted by Gasteiger charge is -2.17. The summed E-state index contributed by atoms with van der Waals surface area (Å²) in [5, 5.41) is 15.1. The molecule has 0 unspecified atom stereocenters. The van der Waals surface area contributed by atoms with Gasteiger partial charge in [-0.15, -0.1) is 11.3 Å². The van der Waals surface area contributed by atoms with Crippen LogP contribution in [0.2, 0.25) is 0 Å². The number of hydrogen-bond acceptors (Lipinski definition) is 6. The number of aryl methyl sites for hydroxylation is 2. The van der Waals surface area contributed by atoms with Gasteiger partial charge in [0.2, 0.25) is 17.7 Å². The molecular formula is C24H29N5O3S. The highest BCUT2D eigenvalue weighted by atomic mass is 32.1. The quantitative estimate of drug-likeness (QED) is 0.398. The summed E-state index contributed by atoms with van der Waals surface area (Å²) in [5.74, 6) is -1.61. The lowest BCUT2D eigenvalue weighted by atomic mass is 10.1. The third-order valence-corrected chi connectivity index (χ3v) is 5.63. The van der Waals surface area contributed by atoms with Crippen LogP contribution in [0.3, 0.4) is 0 Å². The minimum atomic E-state index is -1.10. The molecule has 9 heteroatoms. The van der Waals surface area contributed by atoms with Gasteiger partial charge in [-0.1, -0.05) is 24.3 Å². The number of hydrogen-bond donors (Lipinski definition) is 5. The first-order chi connectivity index (χ1) is 15.7. The molecular weight excluding hydrogens is 438 g/mol. The molecule has 1 aliphatic carbocycles. The van der Waals surface area contributed by atoms with Gasteiger partial charge >= 0.3 is 0 Å². The number of thiophene rings is 1. The van der Waals surface area contributed by atoms with Gasteiger partial charge in [0.1, 0.15) is 6.04 Å². The molecule has 0 radical (unpaired) electrons. The Morgan fingerprint density at radius 2 is 1.97 bits per heavy atom. The van der Waals surface area contributed by atoms with Crippen LogP contribution in [0, 0.1) is 12.3 Å². The monoisotopic (exact) mass is 467 g/mol. The van der Waals surface area contributed by atoms with E-state index in [9.17, 15) is 14.4 Å². The molecule has 7 N–H and O–H groups in total. The normalized spacial score (nSPS) is 21.1. The first kappa shape index (κ1) is 25.5. The summed E-state index contributed by atoms with van der Waals surface area (Å²) < 4.78 is 0. The Kier molecular flexibility index (Phi) is 10.0. The number of primary amides is 1. The molecule has 1 aromatic heterocycles. The van der Waals surface area contributed by atoms with Gasteiger partial charge in [0.25, 0.3) is 0 Å². The van der Waals surface area contributed by atoms with Crippen molar-refractivity contribution in [2.75, 3.05) is 0 Å². The van der Waals surface area contributed by atoms with E-state index >= 15 is 0 Å². The predicted molar refractivity (Wildman–Crippen MR) is 131 cm³/mol. The van der Waals surface area contributed by atoms with Crippen LogP contribution < -0.4 is 22.1 Å². The Labute approximate surface area is 197 Å². The van der Waals surface area contributed by atoms with E-state index in [2.05, 4.69) is 10.6 Å². The zero-order chi connectivity index (χ0) is 24.2. The molecule has 1 aromatic rings. The Morgan fingerprint density at radius 1 is 1.18 bits per heavy atom. The van der Waals surface area contributed by atoms with Gasteiger partial charge in [0.05, 0.1) is 6.42 Å². The van der Waals surface area contributed by atoms with Crippen LogP contribution in [0.4, 0.5) is 0 Å². The van der Waals surface area contributed by atoms with Crippen molar-refractivity contribution in [1.82, 2.24) is 10.6 Å². The molecule has 2 rings (SSSR count).